The Hall–Kier alpha value is -3.02. The van der Waals surface area contributed by atoms with Crippen LogP contribution in [0.25, 0.3) is 11.4 Å². The van der Waals surface area contributed by atoms with Crippen molar-refractivity contribution < 1.29 is 9.32 Å². The van der Waals surface area contributed by atoms with Gasteiger partial charge in [0.05, 0.1) is 0 Å². The molecule has 0 aliphatic carbocycles. The van der Waals surface area contributed by atoms with Gasteiger partial charge >= 0.3 is 0 Å². The summed E-state index contributed by atoms with van der Waals surface area (Å²) in [5.74, 6) is 0.826. The zero-order valence-electron chi connectivity index (χ0n) is 12.7. The molecule has 6 heteroatoms. The average molecular weight is 308 g/mol. The predicted octanol–water partition coefficient (Wildman–Crippen LogP) is 3.01. The first kappa shape index (κ1) is 14.9. The Morgan fingerprint density at radius 3 is 2.96 bits per heavy atom. The van der Waals surface area contributed by atoms with E-state index in [9.17, 15) is 4.79 Å². The fraction of sp³-hybridized carbons (Fsp3) is 0.176. The number of nitrogens with one attached hydrogen (secondary N) is 1. The Labute approximate surface area is 133 Å². The van der Waals surface area contributed by atoms with Crippen molar-refractivity contribution in [3.63, 3.8) is 0 Å². The van der Waals surface area contributed by atoms with Gasteiger partial charge in [-0.2, -0.15) is 4.98 Å². The van der Waals surface area contributed by atoms with E-state index in [4.69, 9.17) is 4.52 Å². The molecule has 0 bridgehead atoms. The van der Waals surface area contributed by atoms with Crippen LogP contribution in [0.1, 0.15) is 17.9 Å². The summed E-state index contributed by atoms with van der Waals surface area (Å²) < 4.78 is 5.17. The minimum atomic E-state index is -0.0864. The van der Waals surface area contributed by atoms with Crippen molar-refractivity contribution in [3.8, 4) is 11.4 Å². The van der Waals surface area contributed by atoms with E-state index in [2.05, 4.69) is 20.4 Å². The maximum absolute atomic E-state index is 12.0. The van der Waals surface area contributed by atoms with Crippen molar-refractivity contribution in [1.29, 1.82) is 0 Å². The maximum atomic E-state index is 12.0. The average Bonchev–Trinajstić information content (AvgIpc) is 3.03. The van der Waals surface area contributed by atoms with Crippen LogP contribution in [-0.4, -0.2) is 21.0 Å². The number of hydrogen-bond donors (Lipinski definition) is 1. The van der Waals surface area contributed by atoms with E-state index >= 15 is 0 Å². The highest BCUT2D eigenvalue weighted by Crippen LogP contribution is 2.15. The number of hydrogen-bond acceptors (Lipinski definition) is 5. The molecule has 23 heavy (non-hydrogen) atoms. The number of rotatable bonds is 5. The topological polar surface area (TPSA) is 80.9 Å². The Kier molecular flexibility index (Phi) is 4.42. The van der Waals surface area contributed by atoms with E-state index in [1.165, 1.54) is 0 Å². The van der Waals surface area contributed by atoms with Crippen LogP contribution in [0, 0.1) is 6.92 Å². The molecule has 0 atom stereocenters. The van der Waals surface area contributed by atoms with Gasteiger partial charge in [-0.3, -0.25) is 9.78 Å². The second-order valence-corrected chi connectivity index (χ2v) is 5.17. The van der Waals surface area contributed by atoms with Crippen LogP contribution in [-0.2, 0) is 11.2 Å². The van der Waals surface area contributed by atoms with Crippen molar-refractivity contribution in [2.24, 2.45) is 0 Å². The molecule has 2 aromatic heterocycles. The van der Waals surface area contributed by atoms with Gasteiger partial charge in [0.2, 0.25) is 17.6 Å². The van der Waals surface area contributed by atoms with E-state index < -0.39 is 0 Å². The normalized spacial score (nSPS) is 10.5. The highest BCUT2D eigenvalue weighted by molar-refractivity contribution is 5.90. The van der Waals surface area contributed by atoms with Gasteiger partial charge in [0, 0.05) is 36.5 Å². The lowest BCUT2D eigenvalue weighted by Gasteiger charge is -2.04. The van der Waals surface area contributed by atoms with Crippen molar-refractivity contribution in [3.05, 3.63) is 60.2 Å². The summed E-state index contributed by atoms with van der Waals surface area (Å²) in [7, 11) is 0. The lowest BCUT2D eigenvalue weighted by Crippen LogP contribution is -2.12. The second-order valence-electron chi connectivity index (χ2n) is 5.17. The number of nitrogens with zero attached hydrogens (tertiary/aromatic N) is 3. The number of anilines is 1. The number of aromatic nitrogens is 3. The molecule has 6 nitrogen and oxygen atoms in total. The predicted molar refractivity (Wildman–Crippen MR) is 85.7 cm³/mol. The summed E-state index contributed by atoms with van der Waals surface area (Å²) >= 11 is 0. The Balaban J connectivity index is 1.56. The molecule has 0 saturated heterocycles. The Morgan fingerprint density at radius 1 is 1.26 bits per heavy atom. The van der Waals surface area contributed by atoms with Crippen LogP contribution >= 0.6 is 0 Å². The molecule has 0 aliphatic rings. The molecule has 0 saturated carbocycles. The number of benzene rings is 1. The fourth-order valence-corrected chi connectivity index (χ4v) is 2.14. The highest BCUT2D eigenvalue weighted by atomic mass is 16.5. The summed E-state index contributed by atoms with van der Waals surface area (Å²) in [6, 6.07) is 11.3. The SMILES string of the molecule is Cc1cccc(NC(=O)CCc2nc(-c3cccnc3)no2)c1. The van der Waals surface area contributed by atoms with Gasteiger partial charge < -0.3 is 9.84 Å². The van der Waals surface area contributed by atoms with Crippen LogP contribution in [0.5, 0.6) is 0 Å². The summed E-state index contributed by atoms with van der Waals surface area (Å²) in [6.07, 6.45) is 4.02. The summed E-state index contributed by atoms with van der Waals surface area (Å²) in [5, 5.41) is 6.75. The molecular weight excluding hydrogens is 292 g/mol. The van der Waals surface area contributed by atoms with Crippen LogP contribution in [0.4, 0.5) is 5.69 Å². The Bertz CT molecular complexity index is 799. The number of carbonyl (C=O) groups excluding carboxylic acids is 1. The van der Waals surface area contributed by atoms with Gasteiger partial charge in [0.15, 0.2) is 0 Å². The number of aryl methyl sites for hydroxylation is 2. The van der Waals surface area contributed by atoms with E-state index in [0.29, 0.717) is 18.1 Å². The molecule has 2 heterocycles. The first-order valence-electron chi connectivity index (χ1n) is 7.30. The second kappa shape index (κ2) is 6.83. The third kappa shape index (κ3) is 4.00. The van der Waals surface area contributed by atoms with E-state index in [0.717, 1.165) is 16.8 Å². The standard InChI is InChI=1S/C17H16N4O2/c1-12-4-2-6-14(10-12)19-15(22)7-8-16-20-17(21-23-16)13-5-3-9-18-11-13/h2-6,9-11H,7-8H2,1H3,(H,19,22). The van der Waals surface area contributed by atoms with Gasteiger partial charge in [0.1, 0.15) is 0 Å². The first-order valence-corrected chi connectivity index (χ1v) is 7.30. The summed E-state index contributed by atoms with van der Waals surface area (Å²) in [6.45, 7) is 1.98. The van der Waals surface area contributed by atoms with Gasteiger partial charge in [-0.25, -0.2) is 0 Å². The monoisotopic (exact) mass is 308 g/mol. The highest BCUT2D eigenvalue weighted by Gasteiger charge is 2.11. The maximum Gasteiger partial charge on any atom is 0.227 e. The van der Waals surface area contributed by atoms with Crippen LogP contribution in [0.3, 0.4) is 0 Å². The van der Waals surface area contributed by atoms with Gasteiger partial charge in [-0.05, 0) is 36.8 Å². The van der Waals surface area contributed by atoms with Crippen LogP contribution < -0.4 is 5.32 Å². The fourth-order valence-electron chi connectivity index (χ4n) is 2.14. The third-order valence-corrected chi connectivity index (χ3v) is 3.26. The minimum absolute atomic E-state index is 0.0864. The van der Waals surface area contributed by atoms with Crippen molar-refractivity contribution in [2.75, 3.05) is 5.32 Å². The molecule has 3 aromatic rings. The summed E-state index contributed by atoms with van der Waals surface area (Å²) in [4.78, 5) is 20.3. The van der Waals surface area contributed by atoms with Crippen molar-refractivity contribution in [1.82, 2.24) is 15.1 Å². The zero-order valence-corrected chi connectivity index (χ0v) is 12.7. The Morgan fingerprint density at radius 2 is 2.17 bits per heavy atom. The third-order valence-electron chi connectivity index (χ3n) is 3.26. The lowest BCUT2D eigenvalue weighted by atomic mass is 10.2. The van der Waals surface area contributed by atoms with Crippen LogP contribution in [0.15, 0.2) is 53.3 Å². The molecule has 116 valence electrons. The molecule has 0 fully saturated rings. The van der Waals surface area contributed by atoms with Crippen molar-refractivity contribution in [2.45, 2.75) is 19.8 Å². The molecule has 0 spiro atoms. The molecule has 0 unspecified atom stereocenters. The van der Waals surface area contributed by atoms with E-state index in [-0.39, 0.29) is 12.3 Å². The number of amides is 1. The molecule has 0 radical (unpaired) electrons. The molecular formula is C17H16N4O2. The molecule has 1 N–H and O–H groups in total. The largest absolute Gasteiger partial charge is 0.339 e. The zero-order chi connectivity index (χ0) is 16.1. The molecule has 3 rings (SSSR count). The lowest BCUT2D eigenvalue weighted by molar-refractivity contribution is -0.116. The smallest absolute Gasteiger partial charge is 0.227 e. The van der Waals surface area contributed by atoms with Gasteiger partial charge in [0.25, 0.3) is 0 Å². The van der Waals surface area contributed by atoms with Crippen LogP contribution in [0.2, 0.25) is 0 Å². The van der Waals surface area contributed by atoms with E-state index in [1.54, 1.807) is 18.5 Å². The quantitative estimate of drug-likeness (QED) is 0.783. The first-order chi connectivity index (χ1) is 11.2. The van der Waals surface area contributed by atoms with Gasteiger partial charge in [-0.1, -0.05) is 17.3 Å². The molecule has 1 amide bonds. The van der Waals surface area contributed by atoms with E-state index in [1.807, 2.05) is 37.3 Å². The van der Waals surface area contributed by atoms with Gasteiger partial charge in [-0.15, -0.1) is 0 Å². The minimum Gasteiger partial charge on any atom is -0.339 e. The summed E-state index contributed by atoms with van der Waals surface area (Å²) in [5.41, 5.74) is 2.67. The number of carbonyl (C=O) groups is 1. The number of pyridine rings is 1. The molecule has 1 aromatic carbocycles. The molecule has 0 aliphatic heterocycles. The van der Waals surface area contributed by atoms with Crippen molar-refractivity contribution >= 4 is 11.6 Å².